The summed E-state index contributed by atoms with van der Waals surface area (Å²) in [6.45, 7) is 5.89. The third-order valence-corrected chi connectivity index (χ3v) is 5.16. The van der Waals surface area contributed by atoms with Crippen molar-refractivity contribution in [2.75, 3.05) is 6.61 Å². The van der Waals surface area contributed by atoms with Crippen LogP contribution in [0, 0.1) is 13.8 Å². The number of rotatable bonds is 8. The molecule has 3 aromatic heterocycles. The number of carbonyl (C=O) groups excluding carboxylic acids is 2. The molecule has 0 bridgehead atoms. The molecule has 0 fully saturated rings. The van der Waals surface area contributed by atoms with Gasteiger partial charge in [0, 0.05) is 23.5 Å². The lowest BCUT2D eigenvalue weighted by atomic mass is 10.1. The third kappa shape index (κ3) is 4.14. The van der Waals surface area contributed by atoms with E-state index in [9.17, 15) is 14.4 Å². The standard InChI is InChI=1S/C19H21N3O5S/c1-4-7-21-12(2)9-14(13(21)3)15(23)11-26-17(24)10-22-19(25)27-18(20-22)16-6-5-8-28-16/h5-6,8-9H,4,7,10-11H2,1-3H3. The number of carbonyl (C=O) groups is 2. The van der Waals surface area contributed by atoms with Gasteiger partial charge in [-0.1, -0.05) is 13.0 Å². The number of thiophene rings is 1. The predicted molar refractivity (Wildman–Crippen MR) is 104 cm³/mol. The SMILES string of the molecule is CCCn1c(C)cc(C(=O)COC(=O)Cn2nc(-c3cccs3)oc2=O)c1C. The van der Waals surface area contributed by atoms with Crippen molar-refractivity contribution in [3.05, 3.63) is 51.1 Å². The molecule has 0 aliphatic rings. The van der Waals surface area contributed by atoms with Crippen LogP contribution in [0.3, 0.4) is 0 Å². The second-order valence-corrected chi connectivity index (χ2v) is 7.28. The molecule has 0 amide bonds. The molecule has 3 rings (SSSR count). The number of Topliss-reactive ketones (excluding diaryl/α,β-unsaturated/α-hetero) is 1. The van der Waals surface area contributed by atoms with Crippen molar-refractivity contribution in [3.8, 4) is 10.8 Å². The lowest BCUT2D eigenvalue weighted by molar-refractivity contribution is -0.143. The molecule has 0 aliphatic carbocycles. The Hall–Kier alpha value is -2.94. The van der Waals surface area contributed by atoms with E-state index in [1.807, 2.05) is 19.2 Å². The van der Waals surface area contributed by atoms with Crippen LogP contribution in [0.2, 0.25) is 0 Å². The van der Waals surface area contributed by atoms with E-state index in [1.165, 1.54) is 11.3 Å². The predicted octanol–water partition coefficient (Wildman–Crippen LogP) is 2.82. The summed E-state index contributed by atoms with van der Waals surface area (Å²) in [5.41, 5.74) is 2.38. The topological polar surface area (TPSA) is 96.3 Å². The van der Waals surface area contributed by atoms with Gasteiger partial charge in [0.2, 0.25) is 5.78 Å². The number of hydrogen-bond acceptors (Lipinski definition) is 7. The van der Waals surface area contributed by atoms with E-state index in [1.54, 1.807) is 18.2 Å². The molecule has 0 N–H and O–H groups in total. The Bertz CT molecular complexity index is 1040. The van der Waals surface area contributed by atoms with Crippen LogP contribution >= 0.6 is 11.3 Å². The average Bonchev–Trinajstić information content (AvgIpc) is 3.37. The first-order valence-corrected chi connectivity index (χ1v) is 9.76. The Kier molecular flexibility index (Phi) is 5.93. The lowest BCUT2D eigenvalue weighted by Gasteiger charge is -2.08. The molecule has 8 nitrogen and oxygen atoms in total. The molecule has 0 radical (unpaired) electrons. The highest BCUT2D eigenvalue weighted by molar-refractivity contribution is 7.13. The fourth-order valence-corrected chi connectivity index (χ4v) is 3.59. The lowest BCUT2D eigenvalue weighted by Crippen LogP contribution is -2.24. The van der Waals surface area contributed by atoms with Gasteiger partial charge < -0.3 is 13.7 Å². The van der Waals surface area contributed by atoms with Gasteiger partial charge >= 0.3 is 11.7 Å². The van der Waals surface area contributed by atoms with Gasteiger partial charge in [0.15, 0.2) is 6.61 Å². The van der Waals surface area contributed by atoms with Gasteiger partial charge in [-0.25, -0.2) is 4.79 Å². The molecule has 0 aliphatic heterocycles. The number of esters is 1. The van der Waals surface area contributed by atoms with Crippen LogP contribution in [0.5, 0.6) is 0 Å². The van der Waals surface area contributed by atoms with E-state index in [-0.39, 0.29) is 18.3 Å². The third-order valence-electron chi connectivity index (χ3n) is 4.30. The molecule has 0 spiro atoms. The number of aryl methyl sites for hydroxylation is 1. The summed E-state index contributed by atoms with van der Waals surface area (Å²) >= 11 is 1.37. The maximum Gasteiger partial charge on any atom is 0.437 e. The van der Waals surface area contributed by atoms with Crippen LogP contribution < -0.4 is 5.76 Å². The highest BCUT2D eigenvalue weighted by Crippen LogP contribution is 2.21. The normalized spacial score (nSPS) is 11.0. The fourth-order valence-electron chi connectivity index (χ4n) is 2.95. The van der Waals surface area contributed by atoms with Gasteiger partial charge in [-0.05, 0) is 37.8 Å². The van der Waals surface area contributed by atoms with Crippen LogP contribution in [-0.2, 0) is 22.6 Å². The second-order valence-electron chi connectivity index (χ2n) is 6.33. The molecule has 148 valence electrons. The minimum atomic E-state index is -0.755. The molecule has 0 atom stereocenters. The Morgan fingerprint density at radius 2 is 2.11 bits per heavy atom. The molecule has 0 saturated heterocycles. The summed E-state index contributed by atoms with van der Waals surface area (Å²) in [5.74, 6) is -1.62. The molecule has 0 unspecified atom stereocenters. The molecule has 0 aromatic carbocycles. The van der Waals surface area contributed by atoms with Gasteiger partial charge in [0.1, 0.15) is 6.54 Å². The Balaban J connectivity index is 1.61. The minimum Gasteiger partial charge on any atom is -0.456 e. The zero-order valence-corrected chi connectivity index (χ0v) is 16.7. The molecular formula is C19H21N3O5S. The molecule has 9 heteroatoms. The van der Waals surface area contributed by atoms with Crippen molar-refractivity contribution in [1.29, 1.82) is 0 Å². The number of ether oxygens (including phenoxy) is 1. The highest BCUT2D eigenvalue weighted by atomic mass is 32.1. The van der Waals surface area contributed by atoms with Gasteiger partial charge in [-0.2, -0.15) is 4.68 Å². The Labute approximate surface area is 165 Å². The number of hydrogen-bond donors (Lipinski definition) is 0. The van der Waals surface area contributed by atoms with E-state index >= 15 is 0 Å². The molecule has 28 heavy (non-hydrogen) atoms. The van der Waals surface area contributed by atoms with Crippen LogP contribution in [0.4, 0.5) is 0 Å². The van der Waals surface area contributed by atoms with E-state index < -0.39 is 18.3 Å². The van der Waals surface area contributed by atoms with Gasteiger partial charge in [0.25, 0.3) is 5.89 Å². The maximum atomic E-state index is 12.4. The van der Waals surface area contributed by atoms with Gasteiger partial charge in [-0.15, -0.1) is 16.4 Å². The largest absolute Gasteiger partial charge is 0.456 e. The van der Waals surface area contributed by atoms with Crippen molar-refractivity contribution in [1.82, 2.24) is 14.3 Å². The smallest absolute Gasteiger partial charge is 0.437 e. The summed E-state index contributed by atoms with van der Waals surface area (Å²) in [5, 5.41) is 5.81. The van der Waals surface area contributed by atoms with Crippen molar-refractivity contribution in [2.24, 2.45) is 0 Å². The first-order chi connectivity index (χ1) is 13.4. The molecule has 3 aromatic rings. The summed E-state index contributed by atoms with van der Waals surface area (Å²) in [7, 11) is 0. The average molecular weight is 403 g/mol. The first kappa shape index (κ1) is 19.8. The molecular weight excluding hydrogens is 382 g/mol. The maximum absolute atomic E-state index is 12.4. The highest BCUT2D eigenvalue weighted by Gasteiger charge is 2.19. The Morgan fingerprint density at radius 3 is 2.79 bits per heavy atom. The molecule has 0 saturated carbocycles. The van der Waals surface area contributed by atoms with E-state index in [4.69, 9.17) is 9.15 Å². The first-order valence-electron chi connectivity index (χ1n) is 8.88. The monoisotopic (exact) mass is 403 g/mol. The van der Waals surface area contributed by atoms with Gasteiger partial charge in [-0.3, -0.25) is 9.59 Å². The van der Waals surface area contributed by atoms with Crippen LogP contribution in [0.25, 0.3) is 10.8 Å². The Morgan fingerprint density at radius 1 is 1.32 bits per heavy atom. The number of ketones is 1. The number of aromatic nitrogens is 3. The van der Waals surface area contributed by atoms with Crippen molar-refractivity contribution in [2.45, 2.75) is 40.3 Å². The van der Waals surface area contributed by atoms with Crippen LogP contribution in [-0.4, -0.2) is 32.7 Å². The molecule has 3 heterocycles. The minimum absolute atomic E-state index is 0.146. The summed E-state index contributed by atoms with van der Waals surface area (Å²) in [4.78, 5) is 37.0. The van der Waals surface area contributed by atoms with E-state index in [2.05, 4.69) is 16.6 Å². The van der Waals surface area contributed by atoms with Gasteiger partial charge in [0.05, 0.1) is 4.88 Å². The summed E-state index contributed by atoms with van der Waals surface area (Å²) in [6.07, 6.45) is 0.957. The second kappa shape index (κ2) is 8.39. The van der Waals surface area contributed by atoms with Crippen molar-refractivity contribution in [3.63, 3.8) is 0 Å². The van der Waals surface area contributed by atoms with Crippen molar-refractivity contribution >= 4 is 23.1 Å². The zero-order chi connectivity index (χ0) is 20.3. The van der Waals surface area contributed by atoms with E-state index in [0.29, 0.717) is 10.4 Å². The van der Waals surface area contributed by atoms with E-state index in [0.717, 1.165) is 29.0 Å². The summed E-state index contributed by atoms with van der Waals surface area (Å²) < 4.78 is 13.0. The van der Waals surface area contributed by atoms with Crippen molar-refractivity contribution < 1.29 is 18.7 Å². The fraction of sp³-hybridized carbons (Fsp3) is 0.368. The number of nitrogens with zero attached hydrogens (tertiary/aromatic N) is 3. The van der Waals surface area contributed by atoms with Crippen LogP contribution in [0.1, 0.15) is 35.1 Å². The quantitative estimate of drug-likeness (QED) is 0.424. The summed E-state index contributed by atoms with van der Waals surface area (Å²) in [6, 6.07) is 5.36. The zero-order valence-electron chi connectivity index (χ0n) is 15.9. The van der Waals surface area contributed by atoms with Crippen LogP contribution in [0.15, 0.2) is 32.8 Å².